The van der Waals surface area contributed by atoms with Crippen molar-refractivity contribution in [2.45, 2.75) is 6.04 Å². The lowest BCUT2D eigenvalue weighted by Crippen LogP contribution is -2.15. The molecule has 0 spiro atoms. The van der Waals surface area contributed by atoms with Crippen LogP contribution in [0.2, 0.25) is 0 Å². The lowest BCUT2D eigenvalue weighted by molar-refractivity contribution is 0.268. The van der Waals surface area contributed by atoms with Crippen molar-refractivity contribution in [1.82, 2.24) is 4.98 Å². The average Bonchev–Trinajstić information content (AvgIpc) is 2.29. The van der Waals surface area contributed by atoms with Gasteiger partial charge >= 0.3 is 0 Å². The summed E-state index contributed by atoms with van der Waals surface area (Å²) < 4.78 is 0. The summed E-state index contributed by atoms with van der Waals surface area (Å²) in [5, 5.41) is 19.3. The molecule has 1 atom stereocenters. The molecule has 2 aromatic rings. The van der Waals surface area contributed by atoms with Crippen LogP contribution in [-0.2, 0) is 0 Å². The predicted octanol–water partition coefficient (Wildman–Crippen LogP) is 0.226. The lowest BCUT2D eigenvalue weighted by atomic mass is 10.0. The molecule has 16 heavy (non-hydrogen) atoms. The van der Waals surface area contributed by atoms with Gasteiger partial charge in [0.25, 0.3) is 0 Å². The fraction of sp³-hybridized carbons (Fsp3) is 0.182. The van der Waals surface area contributed by atoms with E-state index in [4.69, 9.17) is 10.8 Å². The van der Waals surface area contributed by atoms with E-state index in [1.807, 2.05) is 0 Å². The Labute approximate surface area is 91.2 Å². The van der Waals surface area contributed by atoms with Crippen molar-refractivity contribution < 1.29 is 10.2 Å². The number of phenols is 1. The summed E-state index contributed by atoms with van der Waals surface area (Å²) in [6.45, 7) is -0.195. The third-order valence-electron chi connectivity index (χ3n) is 2.50. The Bertz CT molecular complexity index is 577. The monoisotopic (exact) mass is 220 g/mol. The van der Waals surface area contributed by atoms with Gasteiger partial charge in [0.1, 0.15) is 5.75 Å². The number of phenolic OH excluding ortho intramolecular Hbond substituents is 1. The Hall–Kier alpha value is -1.85. The molecular formula is C11H12N2O3. The smallest absolute Gasteiger partial charge is 0.248 e. The third-order valence-corrected chi connectivity index (χ3v) is 2.50. The zero-order chi connectivity index (χ0) is 11.7. The zero-order valence-electron chi connectivity index (χ0n) is 8.47. The second-order valence-corrected chi connectivity index (χ2v) is 3.57. The van der Waals surface area contributed by atoms with Crippen LogP contribution in [0.25, 0.3) is 10.9 Å². The number of aliphatic hydroxyl groups excluding tert-OH is 1. The number of aliphatic hydroxyl groups is 1. The summed E-state index contributed by atoms with van der Waals surface area (Å²) in [5.41, 5.74) is 6.46. The first kappa shape index (κ1) is 10.7. The first-order chi connectivity index (χ1) is 7.63. The molecule has 5 N–H and O–H groups in total. The van der Waals surface area contributed by atoms with Crippen LogP contribution in [-0.4, -0.2) is 21.8 Å². The van der Waals surface area contributed by atoms with Gasteiger partial charge in [-0.25, -0.2) is 0 Å². The van der Waals surface area contributed by atoms with E-state index in [1.54, 1.807) is 12.1 Å². The van der Waals surface area contributed by atoms with Crippen LogP contribution in [0.5, 0.6) is 5.75 Å². The quantitative estimate of drug-likeness (QED) is 0.582. The summed E-state index contributed by atoms with van der Waals surface area (Å²) in [6, 6.07) is 5.49. The number of aromatic nitrogens is 1. The fourth-order valence-corrected chi connectivity index (χ4v) is 1.68. The number of aromatic amines is 1. The highest BCUT2D eigenvalue weighted by Gasteiger charge is 2.11. The molecule has 1 aromatic heterocycles. The van der Waals surface area contributed by atoms with Gasteiger partial charge in [-0.2, -0.15) is 0 Å². The van der Waals surface area contributed by atoms with Gasteiger partial charge < -0.3 is 20.9 Å². The molecule has 0 radical (unpaired) electrons. The van der Waals surface area contributed by atoms with E-state index in [1.165, 1.54) is 12.1 Å². The summed E-state index contributed by atoms with van der Waals surface area (Å²) in [5.74, 6) is -0.0124. The van der Waals surface area contributed by atoms with E-state index in [2.05, 4.69) is 4.98 Å². The summed E-state index contributed by atoms with van der Waals surface area (Å²) >= 11 is 0. The molecule has 0 bridgehead atoms. The normalized spacial score (nSPS) is 12.9. The van der Waals surface area contributed by atoms with E-state index in [0.717, 1.165) is 0 Å². The van der Waals surface area contributed by atoms with Crippen molar-refractivity contribution in [2.24, 2.45) is 5.73 Å². The van der Waals surface area contributed by atoms with E-state index in [0.29, 0.717) is 16.5 Å². The van der Waals surface area contributed by atoms with Gasteiger partial charge in [0, 0.05) is 11.5 Å². The maximum absolute atomic E-state index is 11.1. The van der Waals surface area contributed by atoms with Gasteiger partial charge in [-0.05, 0) is 17.7 Å². The predicted molar refractivity (Wildman–Crippen MR) is 60.2 cm³/mol. The molecule has 0 aliphatic carbocycles. The first-order valence-electron chi connectivity index (χ1n) is 4.85. The van der Waals surface area contributed by atoms with Gasteiger partial charge in [0.05, 0.1) is 18.2 Å². The fourth-order valence-electron chi connectivity index (χ4n) is 1.68. The maximum atomic E-state index is 11.1. The number of benzene rings is 1. The molecule has 0 fully saturated rings. The van der Waals surface area contributed by atoms with E-state index in [9.17, 15) is 9.90 Å². The lowest BCUT2D eigenvalue weighted by Gasteiger charge is -2.12. The molecular weight excluding hydrogens is 208 g/mol. The number of hydrogen-bond donors (Lipinski definition) is 4. The van der Waals surface area contributed by atoms with E-state index in [-0.39, 0.29) is 17.9 Å². The molecule has 0 amide bonds. The maximum Gasteiger partial charge on any atom is 0.248 e. The molecule has 1 heterocycles. The summed E-state index contributed by atoms with van der Waals surface area (Å²) in [4.78, 5) is 13.7. The van der Waals surface area contributed by atoms with Crippen molar-refractivity contribution >= 4 is 10.9 Å². The molecule has 2 rings (SSSR count). The molecule has 5 nitrogen and oxygen atoms in total. The number of nitrogens with one attached hydrogen (secondary N) is 1. The minimum Gasteiger partial charge on any atom is -0.506 e. The minimum atomic E-state index is -0.533. The van der Waals surface area contributed by atoms with Gasteiger partial charge in [0.2, 0.25) is 5.56 Å². The van der Waals surface area contributed by atoms with Crippen molar-refractivity contribution in [1.29, 1.82) is 0 Å². The van der Waals surface area contributed by atoms with Crippen LogP contribution >= 0.6 is 0 Å². The third kappa shape index (κ3) is 1.66. The van der Waals surface area contributed by atoms with Gasteiger partial charge in [-0.15, -0.1) is 0 Å². The average molecular weight is 220 g/mol. The molecule has 0 aliphatic heterocycles. The number of H-pyrrole nitrogens is 1. The van der Waals surface area contributed by atoms with Crippen molar-refractivity contribution in [3.63, 3.8) is 0 Å². The molecule has 1 aromatic carbocycles. The van der Waals surface area contributed by atoms with Crippen LogP contribution in [0.4, 0.5) is 0 Å². The second-order valence-electron chi connectivity index (χ2n) is 3.57. The molecule has 0 aliphatic rings. The largest absolute Gasteiger partial charge is 0.506 e. The Balaban J connectivity index is 2.79. The zero-order valence-corrected chi connectivity index (χ0v) is 8.47. The van der Waals surface area contributed by atoms with Crippen LogP contribution < -0.4 is 11.3 Å². The molecule has 0 saturated carbocycles. The first-order valence-corrected chi connectivity index (χ1v) is 4.85. The van der Waals surface area contributed by atoms with Crippen molar-refractivity contribution in [3.05, 3.63) is 40.2 Å². The van der Waals surface area contributed by atoms with E-state index >= 15 is 0 Å². The number of aromatic hydroxyl groups is 1. The van der Waals surface area contributed by atoms with Crippen LogP contribution in [0.3, 0.4) is 0 Å². The highest BCUT2D eigenvalue weighted by molar-refractivity contribution is 5.87. The molecule has 1 unspecified atom stereocenters. The molecule has 0 saturated heterocycles. The summed E-state index contributed by atoms with van der Waals surface area (Å²) in [6.07, 6.45) is 0. The number of hydrogen-bond acceptors (Lipinski definition) is 4. The second kappa shape index (κ2) is 3.96. The number of nitrogens with two attached hydrogens (primary N) is 1. The number of fused-ring (bicyclic) bond motifs is 1. The SMILES string of the molecule is NC(CO)c1ccc(O)c2[nH]c(=O)ccc12. The van der Waals surface area contributed by atoms with Crippen molar-refractivity contribution in [2.75, 3.05) is 6.61 Å². The molecule has 5 heteroatoms. The van der Waals surface area contributed by atoms with Gasteiger partial charge in [-0.1, -0.05) is 6.07 Å². The Morgan fingerprint density at radius 1 is 1.31 bits per heavy atom. The minimum absolute atomic E-state index is 0.0124. The van der Waals surface area contributed by atoms with Crippen molar-refractivity contribution in [3.8, 4) is 5.75 Å². The molecule has 84 valence electrons. The highest BCUT2D eigenvalue weighted by Crippen LogP contribution is 2.27. The topological polar surface area (TPSA) is 99.3 Å². The summed E-state index contributed by atoms with van der Waals surface area (Å²) in [7, 11) is 0. The van der Waals surface area contributed by atoms with E-state index < -0.39 is 6.04 Å². The Morgan fingerprint density at radius 3 is 2.75 bits per heavy atom. The van der Waals surface area contributed by atoms with Crippen LogP contribution in [0.1, 0.15) is 11.6 Å². The Kier molecular flexibility index (Phi) is 2.64. The van der Waals surface area contributed by atoms with Crippen LogP contribution in [0.15, 0.2) is 29.1 Å². The Morgan fingerprint density at radius 2 is 2.06 bits per heavy atom. The van der Waals surface area contributed by atoms with Crippen LogP contribution in [0, 0.1) is 0 Å². The van der Waals surface area contributed by atoms with Gasteiger partial charge in [0.15, 0.2) is 0 Å². The number of pyridine rings is 1. The highest BCUT2D eigenvalue weighted by atomic mass is 16.3. The van der Waals surface area contributed by atoms with Gasteiger partial charge in [-0.3, -0.25) is 4.79 Å². The standard InChI is InChI=1S/C11H12N2O3/c12-8(5-14)6-1-3-9(15)11-7(6)2-4-10(16)13-11/h1-4,8,14-15H,5,12H2,(H,13,16). The number of rotatable bonds is 2.